The number of aliphatic hydroxyl groups excluding tert-OH is 1. The molecule has 134 valence electrons. The number of aliphatic hydroxyl groups is 1. The van der Waals surface area contributed by atoms with Crippen LogP contribution in [0.15, 0.2) is 4.52 Å². The Morgan fingerprint density at radius 3 is 2.67 bits per heavy atom. The van der Waals surface area contributed by atoms with Crippen LogP contribution in [0.3, 0.4) is 0 Å². The van der Waals surface area contributed by atoms with Gasteiger partial charge in [-0.15, -0.1) is 0 Å². The highest BCUT2D eigenvalue weighted by molar-refractivity contribution is 5.78. The molecule has 3 heterocycles. The molecule has 3 rings (SSSR count). The molecule has 2 aliphatic rings. The molecule has 1 aromatic heterocycles. The molecular formula is C17H28N4O3. The van der Waals surface area contributed by atoms with Crippen LogP contribution in [0.2, 0.25) is 0 Å². The Hall–Kier alpha value is -1.44. The van der Waals surface area contributed by atoms with Gasteiger partial charge in [0.05, 0.1) is 24.4 Å². The van der Waals surface area contributed by atoms with Crippen molar-refractivity contribution in [1.82, 2.24) is 20.3 Å². The van der Waals surface area contributed by atoms with Crippen molar-refractivity contribution in [1.29, 1.82) is 0 Å². The van der Waals surface area contributed by atoms with Crippen molar-refractivity contribution in [2.45, 2.75) is 51.8 Å². The number of aryl methyl sites for hydroxylation is 2. The first-order chi connectivity index (χ1) is 11.5. The fourth-order valence-corrected chi connectivity index (χ4v) is 3.66. The summed E-state index contributed by atoms with van der Waals surface area (Å²) in [5, 5.41) is 17.4. The number of carbonyl (C=O) groups excluding carboxylic acids is 1. The SMILES string of the molecule is Cc1noc(C)c1CN1CC[C@@H](NC(=O)CN2CCCC2)[C@H](O)C1. The monoisotopic (exact) mass is 336 g/mol. The van der Waals surface area contributed by atoms with Gasteiger partial charge in [-0.1, -0.05) is 5.16 Å². The second-order valence-electron chi connectivity index (χ2n) is 7.05. The number of nitrogens with one attached hydrogen (secondary N) is 1. The lowest BCUT2D eigenvalue weighted by Gasteiger charge is -2.36. The Balaban J connectivity index is 1.47. The van der Waals surface area contributed by atoms with E-state index in [1.165, 1.54) is 12.8 Å². The molecule has 0 spiro atoms. The van der Waals surface area contributed by atoms with Gasteiger partial charge in [0.15, 0.2) is 0 Å². The van der Waals surface area contributed by atoms with E-state index in [4.69, 9.17) is 4.52 Å². The Bertz CT molecular complexity index is 549. The van der Waals surface area contributed by atoms with Crippen LogP contribution < -0.4 is 5.32 Å². The molecule has 7 heteroatoms. The minimum absolute atomic E-state index is 0.0279. The minimum Gasteiger partial charge on any atom is -0.390 e. The van der Waals surface area contributed by atoms with Crippen LogP contribution in [-0.4, -0.2) is 70.8 Å². The summed E-state index contributed by atoms with van der Waals surface area (Å²) in [6, 6.07) is -0.152. The van der Waals surface area contributed by atoms with E-state index in [9.17, 15) is 9.90 Å². The predicted octanol–water partition coefficient (Wildman–Crippen LogP) is 0.439. The number of hydrogen-bond donors (Lipinski definition) is 2. The first-order valence-electron chi connectivity index (χ1n) is 8.87. The second kappa shape index (κ2) is 7.63. The summed E-state index contributed by atoms with van der Waals surface area (Å²) in [5.74, 6) is 0.864. The number of likely N-dealkylation sites (tertiary alicyclic amines) is 2. The number of aromatic nitrogens is 1. The first kappa shape index (κ1) is 17.4. The maximum Gasteiger partial charge on any atom is 0.234 e. The highest BCUT2D eigenvalue weighted by Crippen LogP contribution is 2.19. The molecule has 7 nitrogen and oxygen atoms in total. The van der Waals surface area contributed by atoms with Crippen molar-refractivity contribution in [2.75, 3.05) is 32.7 Å². The van der Waals surface area contributed by atoms with E-state index in [-0.39, 0.29) is 11.9 Å². The third-order valence-electron chi connectivity index (χ3n) is 5.14. The molecular weight excluding hydrogens is 308 g/mol. The van der Waals surface area contributed by atoms with Crippen molar-refractivity contribution in [3.8, 4) is 0 Å². The van der Waals surface area contributed by atoms with Crippen LogP contribution >= 0.6 is 0 Å². The van der Waals surface area contributed by atoms with Gasteiger partial charge in [-0.05, 0) is 46.2 Å². The Morgan fingerprint density at radius 2 is 2.04 bits per heavy atom. The number of amides is 1. The van der Waals surface area contributed by atoms with Gasteiger partial charge in [-0.2, -0.15) is 0 Å². The maximum atomic E-state index is 12.1. The molecule has 1 aromatic rings. The third-order valence-corrected chi connectivity index (χ3v) is 5.14. The van der Waals surface area contributed by atoms with Crippen LogP contribution in [0.1, 0.15) is 36.3 Å². The topological polar surface area (TPSA) is 81.8 Å². The summed E-state index contributed by atoms with van der Waals surface area (Å²) in [6.45, 7) is 8.44. The lowest BCUT2D eigenvalue weighted by molar-refractivity contribution is -0.124. The van der Waals surface area contributed by atoms with Gasteiger partial charge in [0.2, 0.25) is 5.91 Å². The van der Waals surface area contributed by atoms with Crippen LogP contribution in [-0.2, 0) is 11.3 Å². The zero-order valence-electron chi connectivity index (χ0n) is 14.6. The fraction of sp³-hybridized carbons (Fsp3) is 0.765. The Kier molecular flexibility index (Phi) is 5.53. The molecule has 2 aliphatic heterocycles. The number of nitrogens with zero attached hydrogens (tertiary/aromatic N) is 3. The van der Waals surface area contributed by atoms with Crippen LogP contribution in [0.5, 0.6) is 0 Å². The molecule has 0 bridgehead atoms. The molecule has 0 unspecified atom stereocenters. The third kappa shape index (κ3) is 4.15. The quantitative estimate of drug-likeness (QED) is 0.812. The number of hydrogen-bond acceptors (Lipinski definition) is 6. The molecule has 2 saturated heterocycles. The largest absolute Gasteiger partial charge is 0.390 e. The van der Waals surface area contributed by atoms with Crippen molar-refractivity contribution >= 4 is 5.91 Å². The first-order valence-corrected chi connectivity index (χ1v) is 8.87. The minimum atomic E-state index is -0.540. The van der Waals surface area contributed by atoms with Crippen molar-refractivity contribution in [3.63, 3.8) is 0 Å². The molecule has 2 N–H and O–H groups in total. The van der Waals surface area contributed by atoms with Gasteiger partial charge < -0.3 is 14.9 Å². The summed E-state index contributed by atoms with van der Waals surface area (Å²) in [7, 11) is 0. The second-order valence-corrected chi connectivity index (χ2v) is 7.05. The zero-order valence-corrected chi connectivity index (χ0v) is 14.6. The number of piperidine rings is 1. The molecule has 1 amide bonds. The Morgan fingerprint density at radius 1 is 1.29 bits per heavy atom. The molecule has 2 atom stereocenters. The molecule has 0 saturated carbocycles. The van der Waals surface area contributed by atoms with E-state index in [0.717, 1.165) is 49.6 Å². The molecule has 0 aromatic carbocycles. The van der Waals surface area contributed by atoms with E-state index in [1.807, 2.05) is 13.8 Å². The van der Waals surface area contributed by atoms with Gasteiger partial charge in [0.25, 0.3) is 0 Å². The normalized spacial score (nSPS) is 26.0. The molecule has 24 heavy (non-hydrogen) atoms. The van der Waals surface area contributed by atoms with Gasteiger partial charge >= 0.3 is 0 Å². The summed E-state index contributed by atoms with van der Waals surface area (Å²) in [4.78, 5) is 16.5. The standard InChI is InChI=1S/C17H28N4O3/c1-12-14(13(2)24-19-12)9-21-8-5-15(16(22)10-21)18-17(23)11-20-6-3-4-7-20/h15-16,22H,3-11H2,1-2H3,(H,18,23)/t15-,16-/m1/s1. The van der Waals surface area contributed by atoms with E-state index >= 15 is 0 Å². The van der Waals surface area contributed by atoms with Crippen LogP contribution in [0.25, 0.3) is 0 Å². The number of rotatable bonds is 5. The zero-order chi connectivity index (χ0) is 17.1. The highest BCUT2D eigenvalue weighted by atomic mass is 16.5. The lowest BCUT2D eigenvalue weighted by atomic mass is 10.0. The summed E-state index contributed by atoms with van der Waals surface area (Å²) in [6.07, 6.45) is 2.57. The van der Waals surface area contributed by atoms with Crippen LogP contribution in [0.4, 0.5) is 0 Å². The number of β-amino-alcohol motifs (C(OH)–C–C–N with tert-alkyl or cyclic N) is 1. The van der Waals surface area contributed by atoms with Gasteiger partial charge in [0, 0.05) is 25.2 Å². The summed E-state index contributed by atoms with van der Waals surface area (Å²) < 4.78 is 5.20. The average Bonchev–Trinajstić information content (AvgIpc) is 3.15. The lowest BCUT2D eigenvalue weighted by Crippen LogP contribution is -2.55. The van der Waals surface area contributed by atoms with Crippen molar-refractivity contribution in [2.24, 2.45) is 0 Å². The maximum absolute atomic E-state index is 12.1. The fourth-order valence-electron chi connectivity index (χ4n) is 3.66. The van der Waals surface area contributed by atoms with E-state index in [0.29, 0.717) is 13.1 Å². The average molecular weight is 336 g/mol. The van der Waals surface area contributed by atoms with Gasteiger partial charge in [-0.25, -0.2) is 0 Å². The molecule has 0 radical (unpaired) electrons. The Labute approximate surface area is 143 Å². The van der Waals surface area contributed by atoms with E-state index in [2.05, 4.69) is 20.3 Å². The number of carbonyl (C=O) groups is 1. The van der Waals surface area contributed by atoms with E-state index in [1.54, 1.807) is 0 Å². The van der Waals surface area contributed by atoms with Crippen molar-refractivity contribution < 1.29 is 14.4 Å². The highest BCUT2D eigenvalue weighted by Gasteiger charge is 2.30. The summed E-state index contributed by atoms with van der Waals surface area (Å²) in [5.41, 5.74) is 2.00. The molecule has 2 fully saturated rings. The smallest absolute Gasteiger partial charge is 0.234 e. The van der Waals surface area contributed by atoms with E-state index < -0.39 is 6.10 Å². The van der Waals surface area contributed by atoms with Gasteiger partial charge in [-0.3, -0.25) is 14.6 Å². The van der Waals surface area contributed by atoms with Gasteiger partial charge in [0.1, 0.15) is 5.76 Å². The van der Waals surface area contributed by atoms with Crippen LogP contribution in [0, 0.1) is 13.8 Å². The predicted molar refractivity (Wildman–Crippen MR) is 89.5 cm³/mol. The molecule has 0 aliphatic carbocycles. The van der Waals surface area contributed by atoms with Crippen molar-refractivity contribution in [3.05, 3.63) is 17.0 Å². The summed E-state index contributed by atoms with van der Waals surface area (Å²) >= 11 is 0.